The Hall–Kier alpha value is -2.54. The van der Waals surface area contributed by atoms with Crippen LogP contribution in [-0.2, 0) is 6.54 Å². The lowest BCUT2D eigenvalue weighted by Crippen LogP contribution is -2.23. The molecule has 4 heteroatoms. The molecule has 1 heterocycles. The Labute approximate surface area is 119 Å². The van der Waals surface area contributed by atoms with E-state index >= 15 is 0 Å². The van der Waals surface area contributed by atoms with Gasteiger partial charge in [-0.1, -0.05) is 18.2 Å². The highest BCUT2D eigenvalue weighted by Crippen LogP contribution is 2.17. The number of pyridine rings is 1. The van der Waals surface area contributed by atoms with Crippen LogP contribution in [0.3, 0.4) is 0 Å². The predicted molar refractivity (Wildman–Crippen MR) is 78.7 cm³/mol. The van der Waals surface area contributed by atoms with E-state index in [0.29, 0.717) is 5.69 Å². The van der Waals surface area contributed by atoms with E-state index in [2.05, 4.69) is 22.9 Å². The molecule has 0 N–H and O–H groups in total. The fourth-order valence-electron chi connectivity index (χ4n) is 1.97. The van der Waals surface area contributed by atoms with Gasteiger partial charge < -0.3 is 9.64 Å². The van der Waals surface area contributed by atoms with Crippen molar-refractivity contribution in [2.24, 2.45) is 0 Å². The van der Waals surface area contributed by atoms with Crippen molar-refractivity contribution in [3.63, 3.8) is 0 Å². The Bertz CT molecular complexity index is 602. The van der Waals surface area contributed by atoms with Crippen LogP contribution in [0.1, 0.15) is 18.2 Å². The van der Waals surface area contributed by atoms with Gasteiger partial charge >= 0.3 is 0 Å². The van der Waals surface area contributed by atoms with E-state index in [4.69, 9.17) is 10.00 Å². The summed E-state index contributed by atoms with van der Waals surface area (Å²) in [5, 5.41) is 8.92. The number of aromatic nitrogens is 1. The molecule has 2 aromatic rings. The van der Waals surface area contributed by atoms with Crippen LogP contribution in [0.2, 0.25) is 0 Å². The molecule has 0 amide bonds. The summed E-state index contributed by atoms with van der Waals surface area (Å²) in [7, 11) is 1.66. The first kappa shape index (κ1) is 13.9. The molecule has 0 aliphatic carbocycles. The van der Waals surface area contributed by atoms with Crippen LogP contribution in [0.15, 0.2) is 42.5 Å². The Morgan fingerprint density at radius 1 is 1.20 bits per heavy atom. The molecule has 0 bridgehead atoms. The van der Waals surface area contributed by atoms with Gasteiger partial charge in [0.2, 0.25) is 0 Å². The highest BCUT2D eigenvalue weighted by Gasteiger charge is 2.07. The third kappa shape index (κ3) is 3.27. The summed E-state index contributed by atoms with van der Waals surface area (Å²) in [6, 6.07) is 15.5. The first-order valence-corrected chi connectivity index (χ1v) is 6.52. The molecule has 0 unspecified atom stereocenters. The summed E-state index contributed by atoms with van der Waals surface area (Å²) < 4.78 is 5.15. The Balaban J connectivity index is 2.17. The van der Waals surface area contributed by atoms with Crippen LogP contribution in [0.5, 0.6) is 5.75 Å². The number of hydrogen-bond acceptors (Lipinski definition) is 4. The smallest absolute Gasteiger partial charge is 0.142 e. The highest BCUT2D eigenvalue weighted by molar-refractivity contribution is 5.42. The largest absolute Gasteiger partial charge is 0.497 e. The lowest BCUT2D eigenvalue weighted by atomic mass is 10.2. The van der Waals surface area contributed by atoms with Crippen molar-refractivity contribution < 1.29 is 4.74 Å². The van der Waals surface area contributed by atoms with Gasteiger partial charge in [0.25, 0.3) is 0 Å². The van der Waals surface area contributed by atoms with E-state index in [1.165, 1.54) is 5.56 Å². The number of nitrogens with zero attached hydrogens (tertiary/aromatic N) is 3. The fraction of sp³-hybridized carbons (Fsp3) is 0.250. The molecule has 20 heavy (non-hydrogen) atoms. The summed E-state index contributed by atoms with van der Waals surface area (Å²) in [5.41, 5.74) is 1.62. The van der Waals surface area contributed by atoms with Crippen LogP contribution < -0.4 is 9.64 Å². The molecule has 4 nitrogen and oxygen atoms in total. The van der Waals surface area contributed by atoms with E-state index in [1.807, 2.05) is 36.4 Å². The topological polar surface area (TPSA) is 49.1 Å². The molecule has 0 radical (unpaired) electrons. The van der Waals surface area contributed by atoms with Gasteiger partial charge in [-0.25, -0.2) is 4.98 Å². The lowest BCUT2D eigenvalue weighted by molar-refractivity contribution is 0.414. The number of nitriles is 1. The number of anilines is 1. The van der Waals surface area contributed by atoms with Gasteiger partial charge in [-0.2, -0.15) is 5.26 Å². The van der Waals surface area contributed by atoms with Crippen molar-refractivity contribution in [2.75, 3.05) is 18.6 Å². The van der Waals surface area contributed by atoms with Crippen molar-refractivity contribution in [2.45, 2.75) is 13.5 Å². The molecule has 0 aliphatic heterocycles. The normalized spacial score (nSPS) is 9.85. The summed E-state index contributed by atoms with van der Waals surface area (Å²) in [4.78, 5) is 6.46. The zero-order chi connectivity index (χ0) is 14.4. The molecule has 0 fully saturated rings. The van der Waals surface area contributed by atoms with Gasteiger partial charge in [-0.05, 0) is 36.8 Å². The summed E-state index contributed by atoms with van der Waals surface area (Å²) >= 11 is 0. The molecule has 0 atom stereocenters. The summed E-state index contributed by atoms with van der Waals surface area (Å²) in [5.74, 6) is 1.67. The van der Waals surface area contributed by atoms with Gasteiger partial charge in [-0.15, -0.1) is 0 Å². The molecular weight excluding hydrogens is 250 g/mol. The van der Waals surface area contributed by atoms with Gasteiger partial charge in [0.05, 0.1) is 7.11 Å². The second-order valence-electron chi connectivity index (χ2n) is 4.36. The minimum absolute atomic E-state index is 0.440. The average Bonchev–Trinajstić information content (AvgIpc) is 2.53. The SMILES string of the molecule is CCN(Cc1ccc(OC)cc1)c1cccc(C#N)n1. The lowest BCUT2D eigenvalue weighted by Gasteiger charge is -2.22. The molecule has 1 aromatic heterocycles. The third-order valence-corrected chi connectivity index (χ3v) is 3.09. The zero-order valence-electron chi connectivity index (χ0n) is 11.7. The Morgan fingerprint density at radius 2 is 1.95 bits per heavy atom. The van der Waals surface area contributed by atoms with E-state index in [-0.39, 0.29) is 0 Å². The molecular formula is C16H17N3O. The molecule has 0 saturated heterocycles. The van der Waals surface area contributed by atoms with Crippen molar-refractivity contribution in [3.8, 4) is 11.8 Å². The van der Waals surface area contributed by atoms with E-state index < -0.39 is 0 Å². The highest BCUT2D eigenvalue weighted by atomic mass is 16.5. The number of methoxy groups -OCH3 is 1. The number of ether oxygens (including phenoxy) is 1. The van der Waals surface area contributed by atoms with Gasteiger partial charge in [-0.3, -0.25) is 0 Å². The fourth-order valence-corrected chi connectivity index (χ4v) is 1.97. The van der Waals surface area contributed by atoms with Crippen molar-refractivity contribution in [3.05, 3.63) is 53.7 Å². The van der Waals surface area contributed by atoms with Crippen LogP contribution in [0.25, 0.3) is 0 Å². The molecule has 2 rings (SSSR count). The minimum atomic E-state index is 0.440. The molecule has 1 aromatic carbocycles. The molecule has 0 aliphatic rings. The Morgan fingerprint density at radius 3 is 2.55 bits per heavy atom. The molecule has 0 spiro atoms. The maximum Gasteiger partial charge on any atom is 0.142 e. The summed E-state index contributed by atoms with van der Waals surface area (Å²) in [6.07, 6.45) is 0. The van der Waals surface area contributed by atoms with E-state index in [0.717, 1.165) is 24.7 Å². The van der Waals surface area contributed by atoms with Crippen LogP contribution in [-0.4, -0.2) is 18.6 Å². The average molecular weight is 267 g/mol. The maximum absolute atomic E-state index is 8.92. The van der Waals surface area contributed by atoms with Crippen molar-refractivity contribution in [1.29, 1.82) is 5.26 Å². The third-order valence-electron chi connectivity index (χ3n) is 3.09. The van der Waals surface area contributed by atoms with Crippen molar-refractivity contribution >= 4 is 5.82 Å². The van der Waals surface area contributed by atoms with Gasteiger partial charge in [0, 0.05) is 13.1 Å². The molecule has 0 saturated carbocycles. The molecule has 102 valence electrons. The maximum atomic E-state index is 8.92. The van der Waals surface area contributed by atoms with Gasteiger partial charge in [0.1, 0.15) is 23.3 Å². The number of rotatable bonds is 5. The van der Waals surface area contributed by atoms with E-state index in [9.17, 15) is 0 Å². The van der Waals surface area contributed by atoms with E-state index in [1.54, 1.807) is 13.2 Å². The minimum Gasteiger partial charge on any atom is -0.497 e. The van der Waals surface area contributed by atoms with Crippen LogP contribution in [0.4, 0.5) is 5.82 Å². The van der Waals surface area contributed by atoms with Crippen molar-refractivity contribution in [1.82, 2.24) is 4.98 Å². The monoisotopic (exact) mass is 267 g/mol. The number of benzene rings is 1. The quantitative estimate of drug-likeness (QED) is 0.835. The number of hydrogen-bond donors (Lipinski definition) is 0. The standard InChI is InChI=1S/C16H17N3O/c1-3-19(16-6-4-5-14(11-17)18-16)12-13-7-9-15(20-2)10-8-13/h4-10H,3,12H2,1-2H3. The van der Waals surface area contributed by atoms with Crippen LogP contribution >= 0.6 is 0 Å². The zero-order valence-corrected chi connectivity index (χ0v) is 11.7. The van der Waals surface area contributed by atoms with Gasteiger partial charge in [0.15, 0.2) is 0 Å². The van der Waals surface area contributed by atoms with Crippen LogP contribution in [0, 0.1) is 11.3 Å². The second kappa shape index (κ2) is 6.58. The second-order valence-corrected chi connectivity index (χ2v) is 4.36. The predicted octanol–water partition coefficient (Wildman–Crippen LogP) is 2.99. The Kier molecular flexibility index (Phi) is 4.56. The summed E-state index contributed by atoms with van der Waals surface area (Å²) in [6.45, 7) is 3.65. The first-order chi connectivity index (χ1) is 9.76. The first-order valence-electron chi connectivity index (χ1n) is 6.52.